The fourth-order valence-corrected chi connectivity index (χ4v) is 3.70. The van der Waals surface area contributed by atoms with Crippen LogP contribution in [0, 0.1) is 6.92 Å². The minimum Gasteiger partial charge on any atom is -0.334 e. The van der Waals surface area contributed by atoms with Gasteiger partial charge in [-0.2, -0.15) is 4.98 Å². The number of amides is 2. The topological polar surface area (TPSA) is 71.3 Å². The predicted molar refractivity (Wildman–Crippen MR) is 112 cm³/mol. The van der Waals surface area contributed by atoms with Crippen LogP contribution in [0.3, 0.4) is 0 Å². The highest BCUT2D eigenvalue weighted by Crippen LogP contribution is 2.37. The second-order valence-corrected chi connectivity index (χ2v) is 7.41. The van der Waals surface area contributed by atoms with Crippen LogP contribution in [0.25, 0.3) is 17.0 Å². The second-order valence-electron chi connectivity index (χ2n) is 6.97. The number of nitrogens with zero attached hydrogens (tertiary/aromatic N) is 3. The number of carbonyl (C=O) groups excluding carboxylic acids is 1. The van der Waals surface area contributed by atoms with Gasteiger partial charge in [-0.05, 0) is 44.5 Å². The Kier molecular flexibility index (Phi) is 5.11. The number of aryl methyl sites for hydroxylation is 1. The fourth-order valence-electron chi connectivity index (χ4n) is 3.58. The normalized spacial score (nSPS) is 16.9. The molecule has 2 amide bonds. The minimum absolute atomic E-state index is 0.160. The number of carbonyl (C=O) groups is 1. The van der Waals surface area contributed by atoms with Crippen molar-refractivity contribution in [3.63, 3.8) is 0 Å². The van der Waals surface area contributed by atoms with Gasteiger partial charge in [0.2, 0.25) is 5.82 Å². The Bertz CT molecular complexity index is 1090. The molecule has 1 atom stereocenters. The SMILES string of the molecule is CCN1C(=O)NC(c2ccc(Cl)cc2)C(c2nc(-c3cccc(C)c3)no2)=C1C. The lowest BCUT2D eigenvalue weighted by Crippen LogP contribution is -2.45. The van der Waals surface area contributed by atoms with E-state index in [4.69, 9.17) is 16.1 Å². The molecule has 1 aromatic heterocycles. The Morgan fingerprint density at radius 1 is 1.17 bits per heavy atom. The van der Waals surface area contributed by atoms with Crippen LogP contribution < -0.4 is 5.32 Å². The number of hydrogen-bond donors (Lipinski definition) is 1. The maximum atomic E-state index is 12.6. The maximum Gasteiger partial charge on any atom is 0.322 e. The molecule has 1 unspecified atom stereocenters. The molecule has 0 radical (unpaired) electrons. The van der Waals surface area contributed by atoms with E-state index in [1.54, 1.807) is 17.0 Å². The van der Waals surface area contributed by atoms with Crippen LogP contribution in [0.15, 0.2) is 58.8 Å². The summed E-state index contributed by atoms with van der Waals surface area (Å²) in [6.07, 6.45) is 0. The zero-order valence-electron chi connectivity index (χ0n) is 16.4. The number of rotatable bonds is 4. The third-order valence-electron chi connectivity index (χ3n) is 5.05. The zero-order valence-corrected chi connectivity index (χ0v) is 17.2. The van der Waals surface area contributed by atoms with Crippen LogP contribution in [0.1, 0.15) is 36.9 Å². The zero-order chi connectivity index (χ0) is 20.5. The summed E-state index contributed by atoms with van der Waals surface area (Å²) >= 11 is 6.04. The number of nitrogens with one attached hydrogen (secondary N) is 1. The van der Waals surface area contributed by atoms with Gasteiger partial charge >= 0.3 is 6.03 Å². The maximum absolute atomic E-state index is 12.6. The lowest BCUT2D eigenvalue weighted by atomic mass is 9.95. The van der Waals surface area contributed by atoms with Crippen molar-refractivity contribution in [2.45, 2.75) is 26.8 Å². The van der Waals surface area contributed by atoms with Crippen molar-refractivity contribution < 1.29 is 9.32 Å². The predicted octanol–water partition coefficient (Wildman–Crippen LogP) is 5.22. The first-order valence-corrected chi connectivity index (χ1v) is 9.81. The Morgan fingerprint density at radius 2 is 1.93 bits per heavy atom. The van der Waals surface area contributed by atoms with Gasteiger partial charge in [0.05, 0.1) is 11.6 Å². The first-order valence-electron chi connectivity index (χ1n) is 9.43. The van der Waals surface area contributed by atoms with Crippen LogP contribution in [-0.2, 0) is 0 Å². The molecular weight excluding hydrogens is 388 g/mol. The molecule has 0 spiro atoms. The molecule has 0 aliphatic carbocycles. The highest BCUT2D eigenvalue weighted by molar-refractivity contribution is 6.30. The minimum atomic E-state index is -0.409. The van der Waals surface area contributed by atoms with Gasteiger partial charge in [0.1, 0.15) is 0 Å². The van der Waals surface area contributed by atoms with Gasteiger partial charge in [-0.15, -0.1) is 0 Å². The Hall–Kier alpha value is -3.12. The van der Waals surface area contributed by atoms with Gasteiger partial charge in [-0.1, -0.05) is 52.7 Å². The van der Waals surface area contributed by atoms with E-state index in [0.29, 0.717) is 23.3 Å². The highest BCUT2D eigenvalue weighted by Gasteiger charge is 2.35. The summed E-state index contributed by atoms with van der Waals surface area (Å²) in [4.78, 5) is 18.9. The second kappa shape index (κ2) is 7.72. The molecule has 0 saturated carbocycles. The molecule has 2 heterocycles. The molecule has 2 aromatic carbocycles. The number of halogens is 1. The Labute approximate surface area is 174 Å². The number of hydrogen-bond acceptors (Lipinski definition) is 4. The van der Waals surface area contributed by atoms with E-state index in [-0.39, 0.29) is 6.03 Å². The van der Waals surface area contributed by atoms with Gasteiger partial charge in [0.15, 0.2) is 0 Å². The van der Waals surface area contributed by atoms with Crippen LogP contribution in [0.4, 0.5) is 4.79 Å². The number of benzene rings is 2. The number of aromatic nitrogens is 2. The van der Waals surface area contributed by atoms with E-state index in [1.807, 2.05) is 57.2 Å². The quantitative estimate of drug-likeness (QED) is 0.642. The third kappa shape index (κ3) is 3.63. The average Bonchev–Trinajstić information content (AvgIpc) is 3.18. The number of urea groups is 1. The summed E-state index contributed by atoms with van der Waals surface area (Å²) < 4.78 is 5.65. The molecule has 1 aliphatic heterocycles. The van der Waals surface area contributed by atoms with E-state index in [0.717, 1.165) is 28.0 Å². The molecule has 0 saturated heterocycles. The molecular formula is C22H21ClN4O2. The molecule has 1 aliphatic rings. The first kappa shape index (κ1) is 19.2. The monoisotopic (exact) mass is 408 g/mol. The van der Waals surface area contributed by atoms with E-state index in [9.17, 15) is 4.79 Å². The molecule has 6 nitrogen and oxygen atoms in total. The summed E-state index contributed by atoms with van der Waals surface area (Å²) in [5, 5.41) is 7.86. The molecule has 7 heteroatoms. The Balaban J connectivity index is 1.81. The van der Waals surface area contributed by atoms with E-state index >= 15 is 0 Å². The average molecular weight is 409 g/mol. The van der Waals surface area contributed by atoms with Gasteiger partial charge in [-0.3, -0.25) is 4.90 Å². The lowest BCUT2D eigenvalue weighted by molar-refractivity contribution is 0.207. The molecule has 4 rings (SSSR count). The summed E-state index contributed by atoms with van der Waals surface area (Å²) in [6, 6.07) is 14.7. The molecule has 0 bridgehead atoms. The lowest BCUT2D eigenvalue weighted by Gasteiger charge is -2.34. The molecule has 0 fully saturated rings. The van der Waals surface area contributed by atoms with Crippen LogP contribution in [0.2, 0.25) is 5.02 Å². The summed E-state index contributed by atoms with van der Waals surface area (Å²) in [6.45, 7) is 6.38. The number of allylic oxidation sites excluding steroid dienone is 1. The van der Waals surface area contributed by atoms with Crippen molar-refractivity contribution in [1.29, 1.82) is 0 Å². The van der Waals surface area contributed by atoms with E-state index in [2.05, 4.69) is 15.5 Å². The first-order chi connectivity index (χ1) is 14.0. The van der Waals surface area contributed by atoms with Gasteiger partial charge in [0.25, 0.3) is 5.89 Å². The van der Waals surface area contributed by atoms with Gasteiger partial charge in [0, 0.05) is 22.8 Å². The molecule has 148 valence electrons. The van der Waals surface area contributed by atoms with E-state index < -0.39 is 6.04 Å². The van der Waals surface area contributed by atoms with Crippen molar-refractivity contribution in [2.75, 3.05) is 6.54 Å². The van der Waals surface area contributed by atoms with Gasteiger partial charge < -0.3 is 9.84 Å². The van der Waals surface area contributed by atoms with Crippen molar-refractivity contribution in [1.82, 2.24) is 20.4 Å². The van der Waals surface area contributed by atoms with E-state index in [1.165, 1.54) is 0 Å². The molecule has 29 heavy (non-hydrogen) atoms. The van der Waals surface area contributed by atoms with Crippen molar-refractivity contribution >= 4 is 23.2 Å². The highest BCUT2D eigenvalue weighted by atomic mass is 35.5. The van der Waals surface area contributed by atoms with Crippen LogP contribution >= 0.6 is 11.6 Å². The Morgan fingerprint density at radius 3 is 2.62 bits per heavy atom. The molecule has 3 aromatic rings. The van der Waals surface area contributed by atoms with Crippen LogP contribution in [0.5, 0.6) is 0 Å². The van der Waals surface area contributed by atoms with Gasteiger partial charge in [-0.25, -0.2) is 4.79 Å². The largest absolute Gasteiger partial charge is 0.334 e. The van der Waals surface area contributed by atoms with Crippen LogP contribution in [-0.4, -0.2) is 27.6 Å². The summed E-state index contributed by atoms with van der Waals surface area (Å²) in [7, 11) is 0. The summed E-state index contributed by atoms with van der Waals surface area (Å²) in [5.41, 5.74) is 4.46. The summed E-state index contributed by atoms with van der Waals surface area (Å²) in [5.74, 6) is 0.899. The van der Waals surface area contributed by atoms with Crippen molar-refractivity contribution in [2.24, 2.45) is 0 Å². The molecule has 1 N–H and O–H groups in total. The smallest absolute Gasteiger partial charge is 0.322 e. The third-order valence-corrected chi connectivity index (χ3v) is 5.30. The van der Waals surface area contributed by atoms with Crippen molar-refractivity contribution in [3.05, 3.63) is 76.3 Å². The fraction of sp³-hybridized carbons (Fsp3) is 0.227. The standard InChI is InChI=1S/C22H21ClN4O2/c1-4-27-14(3)18(19(24-22(27)28)15-8-10-17(23)11-9-15)21-25-20(26-29-21)16-7-5-6-13(2)12-16/h5-12,19H,4H2,1-3H3,(H,24,28). The van der Waals surface area contributed by atoms with Crippen molar-refractivity contribution in [3.8, 4) is 11.4 Å².